The van der Waals surface area contributed by atoms with Gasteiger partial charge in [0, 0.05) is 17.1 Å². The van der Waals surface area contributed by atoms with E-state index < -0.39 is 27.6 Å². The van der Waals surface area contributed by atoms with Gasteiger partial charge in [-0.2, -0.15) is 23.9 Å². The second-order valence-electron chi connectivity index (χ2n) is 7.75. The molecule has 0 aliphatic carbocycles. The third-order valence-corrected chi connectivity index (χ3v) is 7.84. The Hall–Kier alpha value is -3.57. The molecule has 0 aliphatic rings. The smallest absolute Gasteiger partial charge is 0.313 e. The van der Waals surface area contributed by atoms with Gasteiger partial charge in [-0.3, -0.25) is 4.18 Å². The Balaban J connectivity index is 1.59. The highest BCUT2D eigenvalue weighted by molar-refractivity contribution is 7.94. The van der Waals surface area contributed by atoms with Crippen LogP contribution in [0.15, 0.2) is 74.6 Å². The number of benzene rings is 3. The first-order valence-electron chi connectivity index (χ1n) is 11.1. The Kier molecular flexibility index (Phi) is 10.9. The normalized spacial score (nSPS) is 11.9. The Labute approximate surface area is 243 Å². The van der Waals surface area contributed by atoms with E-state index in [9.17, 15) is 22.3 Å². The number of nitrogens with one attached hydrogen (secondary N) is 1. The minimum Gasteiger partial charge on any atom is -0.505 e. The van der Waals surface area contributed by atoms with Crippen LogP contribution in [0.5, 0.6) is 5.75 Å². The number of phenolic OH excluding ortho intramolecular Hbond substituents is 1. The van der Waals surface area contributed by atoms with E-state index in [1.807, 2.05) is 0 Å². The molecule has 0 bridgehead atoms. The summed E-state index contributed by atoms with van der Waals surface area (Å²) in [6, 6.07) is 12.3. The van der Waals surface area contributed by atoms with Gasteiger partial charge in [0.2, 0.25) is 5.95 Å². The molecule has 4 rings (SSSR count). The molecular formula is C22H17F2N5O10S3. The molecule has 0 radical (unpaired) electrons. The standard InChI is InChI=1S/C22H17F2N5O10S3/c23-18-11-19(27-22(24)26-18)25-14-2-1-12-9-17(40-38-36-31)20(21(30)16(12)10-14)29-28-13-3-5-15(6-4-13)42(33,34)8-7-35-41-39-37-32/h1-6,9-11,30-32H,7-8H2,(H,25,26,27). The fraction of sp³-hybridized carbons (Fsp3) is 0.0909. The van der Waals surface area contributed by atoms with Gasteiger partial charge < -0.3 is 10.4 Å². The Morgan fingerprint density at radius 1 is 0.952 bits per heavy atom. The maximum atomic E-state index is 13.5. The number of halogens is 2. The number of nitrogens with zero attached hydrogens (tertiary/aromatic N) is 4. The van der Waals surface area contributed by atoms with Crippen LogP contribution in [0.2, 0.25) is 0 Å². The number of phenols is 1. The Bertz CT molecular complexity index is 1660. The molecule has 0 atom stereocenters. The number of sulfone groups is 1. The second-order valence-corrected chi connectivity index (χ2v) is 11.1. The number of hydrogen-bond acceptors (Lipinski definition) is 17. The Morgan fingerprint density at radius 2 is 1.71 bits per heavy atom. The third-order valence-electron chi connectivity index (χ3n) is 5.15. The lowest BCUT2D eigenvalue weighted by Crippen LogP contribution is -2.10. The number of rotatable bonds is 14. The highest BCUT2D eigenvalue weighted by Crippen LogP contribution is 2.44. The van der Waals surface area contributed by atoms with E-state index in [2.05, 4.69) is 44.3 Å². The first-order chi connectivity index (χ1) is 20.2. The van der Waals surface area contributed by atoms with Gasteiger partial charge in [-0.15, -0.1) is 13.8 Å². The van der Waals surface area contributed by atoms with E-state index in [4.69, 9.17) is 14.7 Å². The quantitative estimate of drug-likeness (QED) is 0.0237. The van der Waals surface area contributed by atoms with Crippen molar-refractivity contribution >= 4 is 67.9 Å². The number of anilines is 2. The highest BCUT2D eigenvalue weighted by atomic mass is 32.2. The number of hydrogen-bond donors (Lipinski definition) is 4. The van der Waals surface area contributed by atoms with Gasteiger partial charge >= 0.3 is 6.08 Å². The average molecular weight is 646 g/mol. The van der Waals surface area contributed by atoms with Crippen molar-refractivity contribution in [1.82, 2.24) is 9.97 Å². The summed E-state index contributed by atoms with van der Waals surface area (Å²) < 4.78 is 65.0. The van der Waals surface area contributed by atoms with Crippen LogP contribution in [0.3, 0.4) is 0 Å². The second kappa shape index (κ2) is 14.6. The molecule has 0 aliphatic heterocycles. The molecule has 1 aromatic heterocycles. The third kappa shape index (κ3) is 8.25. The molecule has 4 N–H and O–H groups in total. The number of azo groups is 1. The summed E-state index contributed by atoms with van der Waals surface area (Å²) in [6.07, 6.45) is -1.27. The van der Waals surface area contributed by atoms with E-state index in [1.165, 1.54) is 36.4 Å². The summed E-state index contributed by atoms with van der Waals surface area (Å²) in [4.78, 5) is 6.53. The summed E-state index contributed by atoms with van der Waals surface area (Å²) in [6.45, 7) is -0.261. The zero-order chi connectivity index (χ0) is 30.1. The van der Waals surface area contributed by atoms with E-state index in [-0.39, 0.29) is 57.0 Å². The van der Waals surface area contributed by atoms with Crippen LogP contribution in [0.1, 0.15) is 0 Å². The van der Waals surface area contributed by atoms with E-state index in [0.29, 0.717) is 23.1 Å². The van der Waals surface area contributed by atoms with E-state index in [0.717, 1.165) is 6.07 Å². The van der Waals surface area contributed by atoms with Crippen molar-refractivity contribution in [1.29, 1.82) is 0 Å². The zero-order valence-electron chi connectivity index (χ0n) is 20.6. The van der Waals surface area contributed by atoms with Gasteiger partial charge in [-0.1, -0.05) is 16.1 Å². The van der Waals surface area contributed by atoms with Gasteiger partial charge in [-0.25, -0.2) is 18.9 Å². The average Bonchev–Trinajstić information content (AvgIpc) is 2.95. The van der Waals surface area contributed by atoms with Crippen molar-refractivity contribution in [3.63, 3.8) is 0 Å². The van der Waals surface area contributed by atoms with Crippen LogP contribution in [0.4, 0.5) is 31.7 Å². The lowest BCUT2D eigenvalue weighted by molar-refractivity contribution is -0.434. The van der Waals surface area contributed by atoms with Crippen LogP contribution >= 0.6 is 24.4 Å². The van der Waals surface area contributed by atoms with Crippen LogP contribution < -0.4 is 5.32 Å². The van der Waals surface area contributed by atoms with Crippen LogP contribution in [0.25, 0.3) is 10.8 Å². The molecule has 20 heteroatoms. The van der Waals surface area contributed by atoms with Crippen molar-refractivity contribution in [3.05, 3.63) is 66.6 Å². The maximum absolute atomic E-state index is 13.5. The summed E-state index contributed by atoms with van der Waals surface area (Å²) in [5.74, 6) is -2.02. The largest absolute Gasteiger partial charge is 0.505 e. The molecule has 42 heavy (non-hydrogen) atoms. The van der Waals surface area contributed by atoms with Gasteiger partial charge in [0.05, 0.1) is 39.9 Å². The Morgan fingerprint density at radius 3 is 2.43 bits per heavy atom. The molecule has 222 valence electrons. The molecule has 15 nitrogen and oxygen atoms in total. The molecular weight excluding hydrogens is 628 g/mol. The number of aromatic nitrogens is 2. The molecule has 0 saturated carbocycles. The van der Waals surface area contributed by atoms with Gasteiger partial charge in [0.25, 0.3) is 0 Å². The van der Waals surface area contributed by atoms with Crippen molar-refractivity contribution in [3.8, 4) is 5.75 Å². The molecule has 0 fully saturated rings. The van der Waals surface area contributed by atoms with Crippen molar-refractivity contribution in [2.24, 2.45) is 10.2 Å². The molecule has 4 aromatic rings. The summed E-state index contributed by atoms with van der Waals surface area (Å²) in [5, 5.41) is 46.2. The molecule has 0 spiro atoms. The van der Waals surface area contributed by atoms with Gasteiger partial charge in [0.1, 0.15) is 11.5 Å². The summed E-state index contributed by atoms with van der Waals surface area (Å²) >= 11 is 0.767. The fourth-order valence-electron chi connectivity index (χ4n) is 3.39. The summed E-state index contributed by atoms with van der Waals surface area (Å²) in [5.41, 5.74) is 0.414. The SMILES string of the molecule is O=S(=O)(CCOSOOO)c1ccc(N=Nc2c(SOOO)cc3ccc(Nc4cc(F)nc(F)n4)cc3c2O)cc1. The van der Waals surface area contributed by atoms with Crippen molar-refractivity contribution in [2.75, 3.05) is 17.7 Å². The van der Waals surface area contributed by atoms with Crippen molar-refractivity contribution < 1.29 is 55.7 Å². The first kappa shape index (κ1) is 31.4. The molecule has 3 aromatic carbocycles. The highest BCUT2D eigenvalue weighted by Gasteiger charge is 2.17. The van der Waals surface area contributed by atoms with Crippen molar-refractivity contribution in [2.45, 2.75) is 9.79 Å². The van der Waals surface area contributed by atoms with E-state index >= 15 is 0 Å². The molecule has 0 amide bonds. The van der Waals surface area contributed by atoms with Crippen LogP contribution in [-0.2, 0) is 32.8 Å². The van der Waals surface area contributed by atoms with Crippen LogP contribution in [0, 0.1) is 12.0 Å². The van der Waals surface area contributed by atoms with Gasteiger partial charge in [0.15, 0.2) is 27.9 Å². The minimum absolute atomic E-state index is 0.0313. The van der Waals surface area contributed by atoms with Gasteiger partial charge in [-0.05, 0) is 47.9 Å². The fourth-order valence-corrected chi connectivity index (χ4v) is 5.29. The predicted octanol–water partition coefficient (Wildman–Crippen LogP) is 5.98. The summed E-state index contributed by atoms with van der Waals surface area (Å²) in [7, 11) is -3.73. The monoisotopic (exact) mass is 645 g/mol. The first-order valence-corrected chi connectivity index (χ1v) is 14.2. The molecule has 1 heterocycles. The van der Waals surface area contributed by atoms with E-state index in [1.54, 1.807) is 12.1 Å². The lowest BCUT2D eigenvalue weighted by atomic mass is 10.1. The molecule has 0 saturated heterocycles. The predicted molar refractivity (Wildman–Crippen MR) is 143 cm³/mol. The molecule has 0 unspecified atom stereocenters. The number of fused-ring (bicyclic) bond motifs is 1. The maximum Gasteiger partial charge on any atom is 0.313 e. The van der Waals surface area contributed by atoms with Crippen LogP contribution in [-0.4, -0.2) is 46.4 Å². The topological polar surface area (TPSA) is 204 Å². The minimum atomic E-state index is -3.73. The lowest BCUT2D eigenvalue weighted by Gasteiger charge is -2.11. The number of aromatic hydroxyl groups is 1. The zero-order valence-corrected chi connectivity index (χ0v) is 23.0.